The molecule has 0 saturated carbocycles. The number of H-pyrrole nitrogens is 1. The number of rotatable bonds is 5. The van der Waals surface area contributed by atoms with Crippen molar-refractivity contribution < 1.29 is 17.6 Å². The fourth-order valence-electron chi connectivity index (χ4n) is 3.38. The van der Waals surface area contributed by atoms with E-state index in [0.717, 1.165) is 22.6 Å². The lowest BCUT2D eigenvalue weighted by molar-refractivity contribution is -0.119. The van der Waals surface area contributed by atoms with Crippen molar-refractivity contribution in [2.45, 2.75) is 36.6 Å². The van der Waals surface area contributed by atoms with Crippen LogP contribution in [-0.2, 0) is 21.4 Å². The second-order valence-electron chi connectivity index (χ2n) is 6.69. The van der Waals surface area contributed by atoms with Crippen molar-refractivity contribution in [1.29, 1.82) is 0 Å². The van der Waals surface area contributed by atoms with Crippen molar-refractivity contribution in [1.82, 2.24) is 19.6 Å². The molecule has 4 rings (SSSR count). The minimum absolute atomic E-state index is 0.168. The number of thiophene rings is 1. The Bertz CT molecular complexity index is 1140. The molecular weight excluding hydrogens is 403 g/mol. The van der Waals surface area contributed by atoms with Gasteiger partial charge in [0.1, 0.15) is 15.9 Å². The normalized spacial score (nSPS) is 18.0. The molecule has 1 amide bonds. The van der Waals surface area contributed by atoms with E-state index >= 15 is 0 Å². The molecule has 1 aliphatic rings. The highest BCUT2D eigenvalue weighted by atomic mass is 32.2. The first-order valence-corrected chi connectivity index (χ1v) is 11.1. The number of carbonyl (C=O) groups is 1. The highest BCUT2D eigenvalue weighted by Crippen LogP contribution is 2.37. The molecule has 1 fully saturated rings. The third kappa shape index (κ3) is 3.54. The second-order valence-corrected chi connectivity index (χ2v) is 9.97. The fraction of sp³-hybridized carbons (Fsp3) is 0.333. The molecule has 0 radical (unpaired) electrons. The van der Waals surface area contributed by atoms with Crippen LogP contribution in [0, 0.1) is 5.82 Å². The Hall–Kier alpha value is -2.30. The molecule has 2 aromatic heterocycles. The van der Waals surface area contributed by atoms with Crippen LogP contribution in [0.3, 0.4) is 0 Å². The monoisotopic (exact) mass is 422 g/mol. The van der Waals surface area contributed by atoms with Crippen LogP contribution in [0.15, 0.2) is 34.5 Å². The largest absolute Gasteiger partial charge is 0.351 e. The van der Waals surface area contributed by atoms with E-state index < -0.39 is 16.1 Å². The van der Waals surface area contributed by atoms with Gasteiger partial charge in [-0.05, 0) is 43.2 Å². The van der Waals surface area contributed by atoms with Crippen LogP contribution in [0.25, 0.3) is 11.0 Å². The number of halogens is 1. The van der Waals surface area contributed by atoms with Gasteiger partial charge in [-0.1, -0.05) is 0 Å². The van der Waals surface area contributed by atoms with Gasteiger partial charge in [0.2, 0.25) is 5.91 Å². The summed E-state index contributed by atoms with van der Waals surface area (Å²) in [5, 5.41) is 2.67. The topological polar surface area (TPSA) is 95.2 Å². The van der Waals surface area contributed by atoms with Gasteiger partial charge in [-0.2, -0.15) is 4.31 Å². The summed E-state index contributed by atoms with van der Waals surface area (Å²) < 4.78 is 41.5. The molecule has 2 N–H and O–H groups in total. The summed E-state index contributed by atoms with van der Waals surface area (Å²) in [6.07, 6.45) is 1.37. The lowest BCUT2D eigenvalue weighted by atomic mass is 10.2. The number of amides is 1. The van der Waals surface area contributed by atoms with Gasteiger partial charge in [-0.15, -0.1) is 11.3 Å². The van der Waals surface area contributed by atoms with E-state index in [2.05, 4.69) is 15.3 Å². The van der Waals surface area contributed by atoms with Crippen molar-refractivity contribution in [2.75, 3.05) is 6.54 Å². The van der Waals surface area contributed by atoms with Gasteiger partial charge in [-0.25, -0.2) is 17.8 Å². The molecule has 7 nitrogen and oxygen atoms in total. The van der Waals surface area contributed by atoms with E-state index in [9.17, 15) is 17.6 Å². The lowest BCUT2D eigenvalue weighted by Crippen LogP contribution is -2.30. The predicted octanol–water partition coefficient (Wildman–Crippen LogP) is 2.93. The molecule has 148 valence electrons. The molecular formula is C18H19FN4O3S2. The summed E-state index contributed by atoms with van der Waals surface area (Å²) in [5.41, 5.74) is 1.15. The molecule has 1 aliphatic heterocycles. The fourth-order valence-corrected chi connectivity index (χ4v) is 6.46. The SMILES string of the molecule is CC(=O)NCc1ccc(S(=O)(=O)N2CCCC2c2nc3ccc(F)cc3[nH]2)s1. The lowest BCUT2D eigenvalue weighted by Gasteiger charge is -2.21. The molecule has 1 saturated heterocycles. The maximum atomic E-state index is 13.4. The van der Waals surface area contributed by atoms with Crippen LogP contribution >= 0.6 is 11.3 Å². The average Bonchev–Trinajstić information content (AvgIpc) is 3.37. The van der Waals surface area contributed by atoms with Crippen LogP contribution in [0.5, 0.6) is 0 Å². The number of sulfonamides is 1. The highest BCUT2D eigenvalue weighted by Gasteiger charge is 2.38. The summed E-state index contributed by atoms with van der Waals surface area (Å²) in [5.74, 6) is -0.0145. The van der Waals surface area contributed by atoms with Crippen molar-refractivity contribution in [3.05, 3.63) is 46.9 Å². The van der Waals surface area contributed by atoms with E-state index in [4.69, 9.17) is 0 Å². The Morgan fingerprint density at radius 1 is 1.39 bits per heavy atom. The van der Waals surface area contributed by atoms with Crippen LogP contribution < -0.4 is 5.32 Å². The third-order valence-electron chi connectivity index (χ3n) is 4.69. The number of aromatic nitrogens is 2. The summed E-state index contributed by atoms with van der Waals surface area (Å²) in [6, 6.07) is 7.13. The van der Waals surface area contributed by atoms with Crippen LogP contribution in [-0.4, -0.2) is 35.1 Å². The Kier molecular flexibility index (Phi) is 4.94. The number of nitrogens with one attached hydrogen (secondary N) is 2. The second kappa shape index (κ2) is 7.26. The molecule has 3 heterocycles. The summed E-state index contributed by atoms with van der Waals surface area (Å²) in [7, 11) is -3.69. The zero-order chi connectivity index (χ0) is 19.9. The Labute approximate surface area is 165 Å². The van der Waals surface area contributed by atoms with Gasteiger partial charge in [0.15, 0.2) is 0 Å². The number of aromatic amines is 1. The van der Waals surface area contributed by atoms with Crippen LogP contribution in [0.1, 0.15) is 36.5 Å². The van der Waals surface area contributed by atoms with Gasteiger partial charge in [0.05, 0.1) is 23.6 Å². The zero-order valence-corrected chi connectivity index (χ0v) is 16.7. The molecule has 0 spiro atoms. The number of fused-ring (bicyclic) bond motifs is 1. The van der Waals surface area contributed by atoms with E-state index in [-0.39, 0.29) is 15.9 Å². The molecule has 0 bridgehead atoms. The van der Waals surface area contributed by atoms with Crippen molar-refractivity contribution in [3.63, 3.8) is 0 Å². The first kappa shape index (κ1) is 19.0. The minimum Gasteiger partial charge on any atom is -0.351 e. The number of imidazole rings is 1. The van der Waals surface area contributed by atoms with E-state index in [1.807, 2.05) is 0 Å². The summed E-state index contributed by atoms with van der Waals surface area (Å²) in [6.45, 7) is 2.12. The van der Waals surface area contributed by atoms with Gasteiger partial charge >= 0.3 is 0 Å². The number of hydrogen-bond donors (Lipinski definition) is 2. The summed E-state index contributed by atoms with van der Waals surface area (Å²) in [4.78, 5) is 19.4. The van der Waals surface area contributed by atoms with Gasteiger partial charge in [0, 0.05) is 18.3 Å². The van der Waals surface area contributed by atoms with Crippen LogP contribution in [0.4, 0.5) is 4.39 Å². The van der Waals surface area contributed by atoms with Gasteiger partial charge < -0.3 is 10.3 Å². The molecule has 28 heavy (non-hydrogen) atoms. The quantitative estimate of drug-likeness (QED) is 0.661. The standard InChI is InChI=1S/C18H19FN4O3S2/c1-11(24)20-10-13-5-7-17(27-13)28(25,26)23-8-2-3-16(23)18-21-14-6-4-12(19)9-15(14)22-18/h4-7,9,16H,2-3,8,10H2,1H3,(H,20,24)(H,21,22). The maximum absolute atomic E-state index is 13.4. The molecule has 3 aromatic rings. The number of nitrogens with zero attached hydrogens (tertiary/aromatic N) is 2. The Morgan fingerprint density at radius 3 is 3.00 bits per heavy atom. The molecule has 0 aliphatic carbocycles. The van der Waals surface area contributed by atoms with E-state index in [0.29, 0.717) is 36.4 Å². The first-order valence-electron chi connectivity index (χ1n) is 8.85. The van der Waals surface area contributed by atoms with Crippen molar-refractivity contribution >= 4 is 38.3 Å². The third-order valence-corrected chi connectivity index (χ3v) is 8.15. The van der Waals surface area contributed by atoms with Gasteiger partial charge in [-0.3, -0.25) is 4.79 Å². The summed E-state index contributed by atoms with van der Waals surface area (Å²) >= 11 is 1.15. The van der Waals surface area contributed by atoms with E-state index in [1.165, 1.54) is 23.4 Å². The minimum atomic E-state index is -3.69. The molecule has 1 atom stereocenters. The molecule has 1 unspecified atom stereocenters. The predicted molar refractivity (Wildman–Crippen MR) is 104 cm³/mol. The number of carbonyl (C=O) groups excluding carboxylic acids is 1. The maximum Gasteiger partial charge on any atom is 0.253 e. The average molecular weight is 423 g/mol. The van der Waals surface area contributed by atoms with Gasteiger partial charge in [0.25, 0.3) is 10.0 Å². The smallest absolute Gasteiger partial charge is 0.253 e. The zero-order valence-electron chi connectivity index (χ0n) is 15.1. The molecule has 1 aromatic carbocycles. The van der Waals surface area contributed by atoms with E-state index in [1.54, 1.807) is 18.2 Å². The highest BCUT2D eigenvalue weighted by molar-refractivity contribution is 7.91. The van der Waals surface area contributed by atoms with Crippen LogP contribution in [0.2, 0.25) is 0 Å². The van der Waals surface area contributed by atoms with Crippen molar-refractivity contribution in [2.24, 2.45) is 0 Å². The number of hydrogen-bond acceptors (Lipinski definition) is 5. The Balaban J connectivity index is 1.62. The molecule has 10 heteroatoms. The first-order chi connectivity index (χ1) is 13.3. The number of benzene rings is 1. The van der Waals surface area contributed by atoms with Crippen molar-refractivity contribution in [3.8, 4) is 0 Å². The Morgan fingerprint density at radius 2 is 2.21 bits per heavy atom.